The Morgan fingerprint density at radius 3 is 2.27 bits per heavy atom. The average molecular weight is 290 g/mol. The zero-order valence-electron chi connectivity index (χ0n) is 12.7. The van der Waals surface area contributed by atoms with Crippen molar-refractivity contribution in [2.75, 3.05) is 0 Å². The van der Waals surface area contributed by atoms with Crippen molar-refractivity contribution in [3.8, 4) is 5.75 Å². The Labute approximate surface area is 130 Å². The van der Waals surface area contributed by atoms with Crippen LogP contribution in [0.2, 0.25) is 0 Å². The lowest BCUT2D eigenvalue weighted by Crippen LogP contribution is -2.09. The summed E-state index contributed by atoms with van der Waals surface area (Å²) in [5.74, 6) is 0.708. The van der Waals surface area contributed by atoms with E-state index in [0.717, 1.165) is 10.8 Å². The first-order valence-corrected chi connectivity index (χ1v) is 7.45. The van der Waals surface area contributed by atoms with Gasteiger partial charge in [-0.3, -0.25) is 0 Å². The van der Waals surface area contributed by atoms with Gasteiger partial charge in [0.05, 0.1) is 5.56 Å². The van der Waals surface area contributed by atoms with Crippen LogP contribution in [0.4, 0.5) is 0 Å². The number of carbonyl (C=O) groups excluding carboxylic acids is 1. The van der Waals surface area contributed by atoms with Crippen molar-refractivity contribution < 1.29 is 9.53 Å². The minimum Gasteiger partial charge on any atom is -0.423 e. The molecule has 22 heavy (non-hydrogen) atoms. The largest absolute Gasteiger partial charge is 0.423 e. The van der Waals surface area contributed by atoms with Crippen molar-refractivity contribution in [1.29, 1.82) is 0 Å². The summed E-state index contributed by atoms with van der Waals surface area (Å²) in [5, 5.41) is 1.95. The van der Waals surface area contributed by atoms with Gasteiger partial charge in [-0.2, -0.15) is 0 Å². The molecule has 0 atom stereocenters. The SMILES string of the molecule is CC(C)c1ccc(OC(=O)c2cccc3ccccc23)cc1. The van der Waals surface area contributed by atoms with E-state index in [0.29, 0.717) is 17.2 Å². The van der Waals surface area contributed by atoms with E-state index in [1.54, 1.807) is 6.07 Å². The fraction of sp³-hybridized carbons (Fsp3) is 0.150. The second kappa shape index (κ2) is 6.02. The molecule has 110 valence electrons. The van der Waals surface area contributed by atoms with Crippen LogP contribution >= 0.6 is 0 Å². The maximum atomic E-state index is 12.4. The molecule has 0 amide bonds. The molecule has 0 saturated carbocycles. The number of hydrogen-bond acceptors (Lipinski definition) is 2. The highest BCUT2D eigenvalue weighted by Crippen LogP contribution is 2.22. The van der Waals surface area contributed by atoms with E-state index in [1.807, 2.05) is 60.7 Å². The highest BCUT2D eigenvalue weighted by atomic mass is 16.5. The Morgan fingerprint density at radius 1 is 0.864 bits per heavy atom. The monoisotopic (exact) mass is 290 g/mol. The van der Waals surface area contributed by atoms with Gasteiger partial charge in [-0.25, -0.2) is 4.79 Å². The number of hydrogen-bond donors (Lipinski definition) is 0. The number of esters is 1. The van der Waals surface area contributed by atoms with Crippen LogP contribution in [0.3, 0.4) is 0 Å². The first-order valence-electron chi connectivity index (χ1n) is 7.45. The summed E-state index contributed by atoms with van der Waals surface area (Å²) in [6.45, 7) is 4.27. The van der Waals surface area contributed by atoms with Crippen LogP contribution in [-0.2, 0) is 0 Å². The number of carbonyl (C=O) groups is 1. The minimum absolute atomic E-state index is 0.325. The Morgan fingerprint density at radius 2 is 1.55 bits per heavy atom. The maximum absolute atomic E-state index is 12.4. The molecule has 0 bridgehead atoms. The van der Waals surface area contributed by atoms with Crippen molar-refractivity contribution >= 4 is 16.7 Å². The second-order valence-electron chi connectivity index (χ2n) is 5.64. The normalized spacial score (nSPS) is 10.9. The van der Waals surface area contributed by atoms with E-state index in [1.165, 1.54) is 5.56 Å². The summed E-state index contributed by atoms with van der Waals surface area (Å²) in [6.07, 6.45) is 0. The molecule has 3 aromatic rings. The van der Waals surface area contributed by atoms with Gasteiger partial charge < -0.3 is 4.74 Å². The zero-order valence-corrected chi connectivity index (χ0v) is 12.7. The standard InChI is InChI=1S/C20H18O2/c1-14(2)15-10-12-17(13-11-15)22-20(21)19-9-5-7-16-6-3-4-8-18(16)19/h3-14H,1-2H3. The van der Waals surface area contributed by atoms with Gasteiger partial charge in [0, 0.05) is 0 Å². The third-order valence-electron chi connectivity index (χ3n) is 3.77. The number of rotatable bonds is 3. The molecule has 0 spiro atoms. The molecule has 2 heteroatoms. The molecule has 0 saturated heterocycles. The van der Waals surface area contributed by atoms with Gasteiger partial charge >= 0.3 is 5.97 Å². The first-order chi connectivity index (χ1) is 10.6. The molecule has 0 aliphatic rings. The van der Waals surface area contributed by atoms with E-state index < -0.39 is 0 Å². The van der Waals surface area contributed by atoms with Gasteiger partial charge in [0.2, 0.25) is 0 Å². The van der Waals surface area contributed by atoms with Gasteiger partial charge in [-0.15, -0.1) is 0 Å². The summed E-state index contributed by atoms with van der Waals surface area (Å²) in [4.78, 5) is 12.4. The Hall–Kier alpha value is -2.61. The molecule has 0 N–H and O–H groups in total. The van der Waals surface area contributed by atoms with Crippen molar-refractivity contribution in [3.63, 3.8) is 0 Å². The maximum Gasteiger partial charge on any atom is 0.344 e. The third-order valence-corrected chi connectivity index (χ3v) is 3.77. The molecule has 0 aliphatic carbocycles. The molecule has 3 rings (SSSR count). The number of benzene rings is 3. The minimum atomic E-state index is -0.325. The third kappa shape index (κ3) is 2.86. The van der Waals surface area contributed by atoms with Crippen LogP contribution in [0, 0.1) is 0 Å². The van der Waals surface area contributed by atoms with Crippen LogP contribution in [0.5, 0.6) is 5.75 Å². The highest BCUT2D eigenvalue weighted by molar-refractivity contribution is 6.05. The molecule has 0 radical (unpaired) electrons. The van der Waals surface area contributed by atoms with E-state index in [4.69, 9.17) is 4.74 Å². The Balaban J connectivity index is 1.87. The smallest absolute Gasteiger partial charge is 0.344 e. The van der Waals surface area contributed by atoms with Gasteiger partial charge in [-0.05, 0) is 40.5 Å². The van der Waals surface area contributed by atoms with Gasteiger partial charge in [0.1, 0.15) is 5.75 Å². The predicted molar refractivity (Wildman–Crippen MR) is 89.4 cm³/mol. The van der Waals surface area contributed by atoms with Crippen molar-refractivity contribution in [3.05, 3.63) is 77.9 Å². The summed E-state index contributed by atoms with van der Waals surface area (Å²) in [5.41, 5.74) is 1.82. The predicted octanol–water partition coefficient (Wildman–Crippen LogP) is 5.18. The lowest BCUT2D eigenvalue weighted by Gasteiger charge is -2.09. The zero-order chi connectivity index (χ0) is 15.5. The molecule has 0 unspecified atom stereocenters. The highest BCUT2D eigenvalue weighted by Gasteiger charge is 2.12. The van der Waals surface area contributed by atoms with Crippen LogP contribution < -0.4 is 4.74 Å². The van der Waals surface area contributed by atoms with Gasteiger partial charge in [0.25, 0.3) is 0 Å². The summed E-state index contributed by atoms with van der Waals surface area (Å²) in [6, 6.07) is 21.2. The van der Waals surface area contributed by atoms with E-state index in [9.17, 15) is 4.79 Å². The molecule has 2 nitrogen and oxygen atoms in total. The topological polar surface area (TPSA) is 26.3 Å². The number of ether oxygens (including phenoxy) is 1. The van der Waals surface area contributed by atoms with Crippen molar-refractivity contribution in [1.82, 2.24) is 0 Å². The van der Waals surface area contributed by atoms with Crippen LogP contribution in [0.15, 0.2) is 66.7 Å². The molecular formula is C20H18O2. The fourth-order valence-corrected chi connectivity index (χ4v) is 2.49. The van der Waals surface area contributed by atoms with Crippen LogP contribution in [0.1, 0.15) is 35.7 Å². The Bertz CT molecular complexity index is 796. The molecule has 3 aromatic carbocycles. The van der Waals surface area contributed by atoms with E-state index >= 15 is 0 Å². The van der Waals surface area contributed by atoms with Crippen molar-refractivity contribution in [2.24, 2.45) is 0 Å². The van der Waals surface area contributed by atoms with Gasteiger partial charge in [0.15, 0.2) is 0 Å². The summed E-state index contributed by atoms with van der Waals surface area (Å²) >= 11 is 0. The summed E-state index contributed by atoms with van der Waals surface area (Å²) < 4.78 is 5.50. The average Bonchev–Trinajstić information content (AvgIpc) is 2.54. The fourth-order valence-electron chi connectivity index (χ4n) is 2.49. The van der Waals surface area contributed by atoms with Crippen molar-refractivity contribution in [2.45, 2.75) is 19.8 Å². The lowest BCUT2D eigenvalue weighted by atomic mass is 10.0. The van der Waals surface area contributed by atoms with Crippen LogP contribution in [-0.4, -0.2) is 5.97 Å². The molecule has 0 heterocycles. The van der Waals surface area contributed by atoms with E-state index in [-0.39, 0.29) is 5.97 Å². The molecule has 0 aliphatic heterocycles. The molecule has 0 fully saturated rings. The quantitative estimate of drug-likeness (QED) is 0.490. The van der Waals surface area contributed by atoms with E-state index in [2.05, 4.69) is 13.8 Å². The second-order valence-corrected chi connectivity index (χ2v) is 5.64. The van der Waals surface area contributed by atoms with Gasteiger partial charge in [-0.1, -0.05) is 62.4 Å². The molecular weight excluding hydrogens is 272 g/mol. The first kappa shape index (κ1) is 14.3. The lowest BCUT2D eigenvalue weighted by molar-refractivity contribution is 0.0737. The van der Waals surface area contributed by atoms with Crippen LogP contribution in [0.25, 0.3) is 10.8 Å². The Kier molecular flexibility index (Phi) is 3.92. The summed E-state index contributed by atoms with van der Waals surface area (Å²) in [7, 11) is 0. The molecule has 0 aromatic heterocycles. The number of fused-ring (bicyclic) bond motifs is 1.